The van der Waals surface area contributed by atoms with Crippen LogP contribution >= 0.6 is 23.2 Å². The van der Waals surface area contributed by atoms with Crippen LogP contribution in [0, 0.1) is 0 Å². The number of hydrogen-bond donors (Lipinski definition) is 1. The normalized spacial score (nSPS) is 18.6. The van der Waals surface area contributed by atoms with Crippen LogP contribution in [0.25, 0.3) is 6.08 Å². The van der Waals surface area contributed by atoms with E-state index < -0.39 is 0 Å². The lowest BCUT2D eigenvalue weighted by atomic mass is 9.69. The van der Waals surface area contributed by atoms with Crippen LogP contribution in [0.15, 0.2) is 48.2 Å². The summed E-state index contributed by atoms with van der Waals surface area (Å²) in [5, 5.41) is 4.94. The monoisotopic (exact) mass is 343 g/mol. The molecule has 3 heteroatoms. The Bertz CT molecular complexity index is 773. The van der Waals surface area contributed by atoms with Crippen molar-refractivity contribution in [3.63, 3.8) is 0 Å². The van der Waals surface area contributed by atoms with E-state index in [4.69, 9.17) is 23.2 Å². The molecule has 1 nitrogen and oxygen atoms in total. The number of allylic oxidation sites excluding steroid dienone is 1. The molecule has 0 aliphatic heterocycles. The summed E-state index contributed by atoms with van der Waals surface area (Å²) in [6.45, 7) is 0. The zero-order valence-electron chi connectivity index (χ0n) is 12.9. The summed E-state index contributed by atoms with van der Waals surface area (Å²) in [4.78, 5) is 0. The molecule has 1 saturated carbocycles. The van der Waals surface area contributed by atoms with Crippen molar-refractivity contribution < 1.29 is 0 Å². The van der Waals surface area contributed by atoms with Gasteiger partial charge in [-0.3, -0.25) is 0 Å². The predicted molar refractivity (Wildman–Crippen MR) is 99.3 cm³/mol. The Morgan fingerprint density at radius 3 is 2.48 bits per heavy atom. The second-order valence-electron chi connectivity index (χ2n) is 6.54. The first-order valence-corrected chi connectivity index (χ1v) is 8.98. The standard InChI is InChI=1S/C20H19Cl2N/c21-15-8-9-18(17(22)13-15)23-19-12-14-6-2-3-7-16(14)20(19)10-4-1-5-11-20/h2-3,6-9,12-13,23H,1,4-5,10-11H2. The van der Waals surface area contributed by atoms with Gasteiger partial charge in [-0.1, -0.05) is 66.7 Å². The molecule has 2 aromatic carbocycles. The molecule has 0 unspecified atom stereocenters. The van der Waals surface area contributed by atoms with Gasteiger partial charge in [-0.05, 0) is 48.2 Å². The van der Waals surface area contributed by atoms with Crippen LogP contribution in [0.3, 0.4) is 0 Å². The van der Waals surface area contributed by atoms with Gasteiger partial charge in [0.05, 0.1) is 10.7 Å². The second-order valence-corrected chi connectivity index (χ2v) is 7.38. The maximum atomic E-state index is 6.37. The molecule has 1 fully saturated rings. The first-order valence-electron chi connectivity index (χ1n) is 8.23. The van der Waals surface area contributed by atoms with Gasteiger partial charge in [0.2, 0.25) is 0 Å². The summed E-state index contributed by atoms with van der Waals surface area (Å²) in [7, 11) is 0. The van der Waals surface area contributed by atoms with Crippen LogP contribution in [0.4, 0.5) is 5.69 Å². The number of halogens is 2. The fourth-order valence-electron chi connectivity index (χ4n) is 4.08. The quantitative estimate of drug-likeness (QED) is 0.642. The molecular weight excluding hydrogens is 325 g/mol. The zero-order chi connectivity index (χ0) is 15.9. The lowest BCUT2D eigenvalue weighted by molar-refractivity contribution is 0.347. The van der Waals surface area contributed by atoms with Crippen molar-refractivity contribution in [1.29, 1.82) is 0 Å². The SMILES string of the molecule is Clc1ccc(NC2=Cc3ccccc3C23CCCCC3)c(Cl)c1. The summed E-state index contributed by atoms with van der Waals surface area (Å²) in [6.07, 6.45) is 8.59. The van der Waals surface area contributed by atoms with Crippen LogP contribution in [0.2, 0.25) is 10.0 Å². The van der Waals surface area contributed by atoms with Crippen LogP contribution < -0.4 is 5.32 Å². The van der Waals surface area contributed by atoms with E-state index in [9.17, 15) is 0 Å². The fourth-order valence-corrected chi connectivity index (χ4v) is 4.54. The van der Waals surface area contributed by atoms with E-state index >= 15 is 0 Å². The van der Waals surface area contributed by atoms with E-state index in [1.54, 1.807) is 6.07 Å². The number of fused-ring (bicyclic) bond motifs is 2. The van der Waals surface area contributed by atoms with Crippen molar-refractivity contribution in [3.8, 4) is 0 Å². The molecule has 118 valence electrons. The summed E-state index contributed by atoms with van der Waals surface area (Å²) in [6, 6.07) is 14.4. The highest BCUT2D eigenvalue weighted by molar-refractivity contribution is 6.36. The van der Waals surface area contributed by atoms with Gasteiger partial charge in [0.1, 0.15) is 0 Å². The van der Waals surface area contributed by atoms with E-state index in [0.717, 1.165) is 5.69 Å². The van der Waals surface area contributed by atoms with Gasteiger partial charge in [-0.15, -0.1) is 0 Å². The summed E-state index contributed by atoms with van der Waals surface area (Å²) in [5.74, 6) is 0. The van der Waals surface area contributed by atoms with Gasteiger partial charge in [-0.2, -0.15) is 0 Å². The summed E-state index contributed by atoms with van der Waals surface area (Å²) in [5.41, 5.74) is 5.13. The van der Waals surface area contributed by atoms with Gasteiger partial charge >= 0.3 is 0 Å². The van der Waals surface area contributed by atoms with Gasteiger partial charge in [0.25, 0.3) is 0 Å². The predicted octanol–water partition coefficient (Wildman–Crippen LogP) is 6.66. The van der Waals surface area contributed by atoms with E-state index in [1.165, 1.54) is 48.9 Å². The molecule has 1 spiro atoms. The largest absolute Gasteiger partial charge is 0.357 e. The Labute approximate surface area is 147 Å². The minimum atomic E-state index is 0.123. The van der Waals surface area contributed by atoms with Gasteiger partial charge in [0, 0.05) is 16.1 Å². The number of benzene rings is 2. The second kappa shape index (κ2) is 5.89. The smallest absolute Gasteiger partial charge is 0.0655 e. The Hall–Kier alpha value is -1.44. The van der Waals surface area contributed by atoms with E-state index in [-0.39, 0.29) is 5.41 Å². The van der Waals surface area contributed by atoms with Crippen LogP contribution in [-0.2, 0) is 5.41 Å². The molecule has 1 N–H and O–H groups in total. The van der Waals surface area contributed by atoms with Crippen molar-refractivity contribution in [2.45, 2.75) is 37.5 Å². The van der Waals surface area contributed by atoms with Crippen molar-refractivity contribution >= 4 is 35.0 Å². The third-order valence-electron chi connectivity index (χ3n) is 5.20. The van der Waals surface area contributed by atoms with Crippen molar-refractivity contribution in [3.05, 3.63) is 69.3 Å². The number of rotatable bonds is 2. The first-order chi connectivity index (χ1) is 11.2. The molecule has 0 atom stereocenters. The Morgan fingerprint density at radius 1 is 0.913 bits per heavy atom. The number of hydrogen-bond acceptors (Lipinski definition) is 1. The van der Waals surface area contributed by atoms with E-state index in [1.807, 2.05) is 12.1 Å². The van der Waals surface area contributed by atoms with Gasteiger partial charge in [-0.25, -0.2) is 0 Å². The third-order valence-corrected chi connectivity index (χ3v) is 5.75. The average Bonchev–Trinajstić information content (AvgIpc) is 2.85. The minimum Gasteiger partial charge on any atom is -0.357 e. The summed E-state index contributed by atoms with van der Waals surface area (Å²) < 4.78 is 0. The van der Waals surface area contributed by atoms with Crippen molar-refractivity contribution in [2.75, 3.05) is 5.32 Å². The van der Waals surface area contributed by atoms with Crippen LogP contribution in [-0.4, -0.2) is 0 Å². The van der Waals surface area contributed by atoms with Crippen molar-refractivity contribution in [1.82, 2.24) is 0 Å². The molecule has 2 aliphatic carbocycles. The number of nitrogens with one attached hydrogen (secondary N) is 1. The van der Waals surface area contributed by atoms with E-state index in [2.05, 4.69) is 35.7 Å². The molecule has 23 heavy (non-hydrogen) atoms. The molecule has 0 radical (unpaired) electrons. The van der Waals surface area contributed by atoms with Crippen LogP contribution in [0.5, 0.6) is 0 Å². The highest BCUT2D eigenvalue weighted by Gasteiger charge is 2.42. The minimum absolute atomic E-state index is 0.123. The summed E-state index contributed by atoms with van der Waals surface area (Å²) >= 11 is 12.4. The molecule has 0 aromatic heterocycles. The lowest BCUT2D eigenvalue weighted by Crippen LogP contribution is -2.32. The molecule has 2 aromatic rings. The van der Waals surface area contributed by atoms with Crippen LogP contribution in [0.1, 0.15) is 43.2 Å². The molecule has 2 aliphatic rings. The maximum absolute atomic E-state index is 6.37. The molecule has 0 saturated heterocycles. The molecule has 0 bridgehead atoms. The average molecular weight is 344 g/mol. The van der Waals surface area contributed by atoms with E-state index in [0.29, 0.717) is 10.0 Å². The highest BCUT2D eigenvalue weighted by Crippen LogP contribution is 2.51. The van der Waals surface area contributed by atoms with Gasteiger partial charge in [0.15, 0.2) is 0 Å². The third kappa shape index (κ3) is 2.56. The van der Waals surface area contributed by atoms with Gasteiger partial charge < -0.3 is 5.32 Å². The lowest BCUT2D eigenvalue weighted by Gasteiger charge is -2.38. The Balaban J connectivity index is 1.75. The molecule has 4 rings (SSSR count). The Morgan fingerprint density at radius 2 is 1.70 bits per heavy atom. The molecule has 0 amide bonds. The zero-order valence-corrected chi connectivity index (χ0v) is 14.4. The number of anilines is 1. The molecule has 0 heterocycles. The Kier molecular flexibility index (Phi) is 3.87. The van der Waals surface area contributed by atoms with Crippen molar-refractivity contribution in [2.24, 2.45) is 0 Å². The fraction of sp³-hybridized carbons (Fsp3) is 0.300. The molecular formula is C20H19Cl2N. The first kappa shape index (κ1) is 15.1. The maximum Gasteiger partial charge on any atom is 0.0655 e. The highest BCUT2D eigenvalue weighted by atomic mass is 35.5. The topological polar surface area (TPSA) is 12.0 Å².